The predicted octanol–water partition coefficient (Wildman–Crippen LogP) is 3.66. The molecule has 0 saturated carbocycles. The van der Waals surface area contributed by atoms with Crippen molar-refractivity contribution in [3.05, 3.63) is 42.4 Å². The minimum atomic E-state index is -0.185. The third-order valence-electron chi connectivity index (χ3n) is 2.18. The molecule has 2 aromatic rings. The van der Waals surface area contributed by atoms with Crippen LogP contribution in [0, 0.1) is 5.82 Å². The van der Waals surface area contributed by atoms with Gasteiger partial charge < -0.3 is 4.57 Å². The van der Waals surface area contributed by atoms with Crippen molar-refractivity contribution in [2.24, 2.45) is 0 Å². The third-order valence-corrected chi connectivity index (χ3v) is 2.18. The van der Waals surface area contributed by atoms with Crippen molar-refractivity contribution >= 4 is 17.1 Å². The summed E-state index contributed by atoms with van der Waals surface area (Å²) in [5.41, 5.74) is 1.04. The number of allylic oxidation sites excluding steroid dienone is 1. The Morgan fingerprint density at radius 2 is 2.21 bits per heavy atom. The van der Waals surface area contributed by atoms with Gasteiger partial charge in [-0.15, -0.1) is 0 Å². The number of halogens is 1. The fourth-order valence-corrected chi connectivity index (χ4v) is 1.48. The molecule has 0 atom stereocenters. The Bertz CT molecular complexity index is 468. The quantitative estimate of drug-likeness (QED) is 0.679. The highest BCUT2D eigenvalue weighted by atomic mass is 19.1. The summed E-state index contributed by atoms with van der Waals surface area (Å²) in [6, 6.07) is 6.74. The summed E-state index contributed by atoms with van der Waals surface area (Å²) in [6.45, 7) is 2.09. The van der Waals surface area contributed by atoms with Crippen molar-refractivity contribution < 1.29 is 4.39 Å². The van der Waals surface area contributed by atoms with Crippen LogP contribution in [-0.2, 0) is 0 Å². The van der Waals surface area contributed by atoms with Crippen LogP contribution in [0.25, 0.3) is 17.1 Å². The first kappa shape index (κ1) is 9.00. The smallest absolute Gasteiger partial charge is 0.123 e. The maximum absolute atomic E-state index is 12.9. The summed E-state index contributed by atoms with van der Waals surface area (Å²) in [5.74, 6) is -0.185. The van der Waals surface area contributed by atoms with Gasteiger partial charge >= 0.3 is 0 Å². The zero-order chi connectivity index (χ0) is 9.97. The monoisotopic (exact) mass is 189 g/mol. The van der Waals surface area contributed by atoms with Gasteiger partial charge in [-0.1, -0.05) is 13.0 Å². The molecule has 0 spiro atoms. The standard InChI is InChI=1S/C12H12FN/c1-2-3-7-14-8-6-10-9-11(13)4-5-12(10)14/h3-9H,2H2,1H3. The summed E-state index contributed by atoms with van der Waals surface area (Å²) >= 11 is 0. The van der Waals surface area contributed by atoms with Gasteiger partial charge in [-0.05, 0) is 30.7 Å². The second-order valence-corrected chi connectivity index (χ2v) is 3.22. The van der Waals surface area contributed by atoms with Crippen molar-refractivity contribution in [1.29, 1.82) is 0 Å². The molecule has 72 valence electrons. The Morgan fingerprint density at radius 1 is 1.36 bits per heavy atom. The second kappa shape index (κ2) is 3.66. The van der Waals surface area contributed by atoms with Crippen LogP contribution in [0.15, 0.2) is 36.5 Å². The van der Waals surface area contributed by atoms with E-state index < -0.39 is 0 Å². The first-order valence-electron chi connectivity index (χ1n) is 4.74. The maximum Gasteiger partial charge on any atom is 0.123 e. The number of fused-ring (bicyclic) bond motifs is 1. The summed E-state index contributed by atoms with van der Waals surface area (Å²) < 4.78 is 14.9. The third kappa shape index (κ3) is 1.55. The van der Waals surface area contributed by atoms with Crippen molar-refractivity contribution in [3.63, 3.8) is 0 Å². The van der Waals surface area contributed by atoms with Gasteiger partial charge in [0.1, 0.15) is 5.82 Å². The van der Waals surface area contributed by atoms with Crippen molar-refractivity contribution in [1.82, 2.24) is 4.57 Å². The molecular formula is C12H12FN. The lowest BCUT2D eigenvalue weighted by Crippen LogP contribution is -1.82. The topological polar surface area (TPSA) is 4.93 Å². The van der Waals surface area contributed by atoms with Gasteiger partial charge in [0.05, 0.1) is 5.52 Å². The summed E-state index contributed by atoms with van der Waals surface area (Å²) in [6.07, 6.45) is 7.01. The van der Waals surface area contributed by atoms with E-state index in [1.165, 1.54) is 6.07 Å². The van der Waals surface area contributed by atoms with E-state index in [4.69, 9.17) is 0 Å². The molecule has 0 radical (unpaired) electrons. The Balaban J connectivity index is 2.53. The van der Waals surface area contributed by atoms with E-state index in [1.807, 2.05) is 23.0 Å². The minimum absolute atomic E-state index is 0.185. The number of hydrogen-bond acceptors (Lipinski definition) is 0. The molecule has 1 heterocycles. The minimum Gasteiger partial charge on any atom is -0.324 e. The van der Waals surface area contributed by atoms with Gasteiger partial charge in [0.25, 0.3) is 0 Å². The van der Waals surface area contributed by atoms with Crippen LogP contribution < -0.4 is 0 Å². The van der Waals surface area contributed by atoms with Gasteiger partial charge in [-0.3, -0.25) is 0 Å². The summed E-state index contributed by atoms with van der Waals surface area (Å²) in [7, 11) is 0. The van der Waals surface area contributed by atoms with Gasteiger partial charge in [0.15, 0.2) is 0 Å². The van der Waals surface area contributed by atoms with Crippen LogP contribution in [-0.4, -0.2) is 4.57 Å². The number of benzene rings is 1. The van der Waals surface area contributed by atoms with Crippen molar-refractivity contribution in [3.8, 4) is 0 Å². The highest BCUT2D eigenvalue weighted by Crippen LogP contribution is 2.17. The Hall–Kier alpha value is -1.57. The van der Waals surface area contributed by atoms with Crippen molar-refractivity contribution in [2.75, 3.05) is 0 Å². The largest absolute Gasteiger partial charge is 0.324 e. The molecule has 0 aliphatic rings. The summed E-state index contributed by atoms with van der Waals surface area (Å²) in [4.78, 5) is 0. The van der Waals surface area contributed by atoms with Crippen LogP contribution in [0.1, 0.15) is 13.3 Å². The van der Waals surface area contributed by atoms with E-state index in [9.17, 15) is 4.39 Å². The molecule has 2 heteroatoms. The van der Waals surface area contributed by atoms with Crippen LogP contribution in [0.3, 0.4) is 0 Å². The molecule has 14 heavy (non-hydrogen) atoms. The Kier molecular flexibility index (Phi) is 2.35. The lowest BCUT2D eigenvalue weighted by atomic mass is 10.2. The fourth-order valence-electron chi connectivity index (χ4n) is 1.48. The van der Waals surface area contributed by atoms with E-state index >= 15 is 0 Å². The molecule has 0 amide bonds. The Morgan fingerprint density at radius 3 is 3.00 bits per heavy atom. The van der Waals surface area contributed by atoms with Gasteiger partial charge in [0.2, 0.25) is 0 Å². The lowest BCUT2D eigenvalue weighted by Gasteiger charge is -1.97. The molecule has 0 aliphatic carbocycles. The SMILES string of the molecule is CCC=Cn1ccc2cc(F)ccc21. The van der Waals surface area contributed by atoms with E-state index in [2.05, 4.69) is 13.0 Å². The Labute approximate surface area is 82.5 Å². The molecule has 1 aromatic heterocycles. The molecule has 1 aromatic carbocycles. The lowest BCUT2D eigenvalue weighted by molar-refractivity contribution is 0.629. The van der Waals surface area contributed by atoms with Gasteiger partial charge in [-0.2, -0.15) is 0 Å². The molecule has 0 bridgehead atoms. The van der Waals surface area contributed by atoms with E-state index in [0.29, 0.717) is 0 Å². The van der Waals surface area contributed by atoms with Crippen LogP contribution in [0.2, 0.25) is 0 Å². The molecule has 0 N–H and O–H groups in total. The number of aromatic nitrogens is 1. The predicted molar refractivity (Wildman–Crippen MR) is 57.5 cm³/mol. The molecule has 1 nitrogen and oxygen atoms in total. The molecule has 0 unspecified atom stereocenters. The number of rotatable bonds is 2. The average Bonchev–Trinajstić information content (AvgIpc) is 2.57. The van der Waals surface area contributed by atoms with E-state index in [1.54, 1.807) is 12.1 Å². The zero-order valence-corrected chi connectivity index (χ0v) is 8.07. The highest BCUT2D eigenvalue weighted by Gasteiger charge is 1.98. The molecule has 0 aliphatic heterocycles. The second-order valence-electron chi connectivity index (χ2n) is 3.22. The van der Waals surface area contributed by atoms with Crippen LogP contribution in [0.5, 0.6) is 0 Å². The normalized spacial score (nSPS) is 11.6. The van der Waals surface area contributed by atoms with E-state index in [0.717, 1.165) is 17.3 Å². The zero-order valence-electron chi connectivity index (χ0n) is 8.07. The molecule has 2 rings (SSSR count). The maximum atomic E-state index is 12.9. The number of hydrogen-bond donors (Lipinski definition) is 0. The van der Waals surface area contributed by atoms with Crippen LogP contribution in [0.4, 0.5) is 4.39 Å². The van der Waals surface area contributed by atoms with Gasteiger partial charge in [0, 0.05) is 17.8 Å². The molecular weight excluding hydrogens is 177 g/mol. The molecule has 0 saturated heterocycles. The fraction of sp³-hybridized carbons (Fsp3) is 0.167. The average molecular weight is 189 g/mol. The van der Waals surface area contributed by atoms with E-state index in [-0.39, 0.29) is 5.82 Å². The molecule has 0 fully saturated rings. The summed E-state index contributed by atoms with van der Waals surface area (Å²) in [5, 5.41) is 0.936. The highest BCUT2D eigenvalue weighted by molar-refractivity contribution is 5.81. The van der Waals surface area contributed by atoms with Crippen molar-refractivity contribution in [2.45, 2.75) is 13.3 Å². The van der Waals surface area contributed by atoms with Crippen LogP contribution >= 0.6 is 0 Å². The van der Waals surface area contributed by atoms with Gasteiger partial charge in [-0.25, -0.2) is 4.39 Å². The first-order valence-corrected chi connectivity index (χ1v) is 4.74. The first-order chi connectivity index (χ1) is 6.81. The number of nitrogens with zero attached hydrogens (tertiary/aromatic N) is 1.